The Morgan fingerprint density at radius 1 is 1.30 bits per heavy atom. The van der Waals surface area contributed by atoms with E-state index in [1.54, 1.807) is 0 Å². The Morgan fingerprint density at radius 3 is 2.40 bits per heavy atom. The summed E-state index contributed by atoms with van der Waals surface area (Å²) in [5, 5.41) is 8.62. The molecule has 1 fully saturated rings. The van der Waals surface area contributed by atoms with Gasteiger partial charge in [-0.1, -0.05) is 12.1 Å². The number of hydrogen-bond acceptors (Lipinski definition) is 3. The molecule has 0 atom stereocenters. The molecule has 0 radical (unpaired) electrons. The molecule has 1 aromatic carbocycles. The molecule has 0 spiro atoms. The lowest BCUT2D eigenvalue weighted by molar-refractivity contribution is -0.274. The lowest BCUT2D eigenvalue weighted by Crippen LogP contribution is -2.54. The quantitative estimate of drug-likeness (QED) is 0.925. The van der Waals surface area contributed by atoms with E-state index in [0.717, 1.165) is 0 Å². The number of alkyl halides is 3. The zero-order valence-corrected chi connectivity index (χ0v) is 10.3. The van der Waals surface area contributed by atoms with Crippen molar-refractivity contribution in [2.45, 2.75) is 19.1 Å². The van der Waals surface area contributed by atoms with Crippen molar-refractivity contribution >= 4 is 6.09 Å². The van der Waals surface area contributed by atoms with Gasteiger partial charge < -0.3 is 19.5 Å². The zero-order valence-electron chi connectivity index (χ0n) is 10.3. The highest BCUT2D eigenvalue weighted by atomic mass is 19.4. The fourth-order valence-corrected chi connectivity index (χ4v) is 1.70. The molecule has 1 N–H and O–H groups in total. The Hall–Kier alpha value is -1.96. The highest BCUT2D eigenvalue weighted by Crippen LogP contribution is 2.23. The first-order valence-corrected chi connectivity index (χ1v) is 5.77. The van der Waals surface area contributed by atoms with Gasteiger partial charge in [0.2, 0.25) is 0 Å². The van der Waals surface area contributed by atoms with Crippen molar-refractivity contribution < 1.29 is 32.5 Å². The Bertz CT molecular complexity index is 469. The smallest absolute Gasteiger partial charge is 0.465 e. The van der Waals surface area contributed by atoms with Gasteiger partial charge in [0, 0.05) is 0 Å². The maximum atomic E-state index is 12.0. The number of hydrogen-bond donors (Lipinski definition) is 1. The zero-order chi connectivity index (χ0) is 14.8. The third-order valence-electron chi connectivity index (χ3n) is 2.76. The van der Waals surface area contributed by atoms with E-state index < -0.39 is 12.5 Å². The molecule has 1 aromatic rings. The number of nitrogens with zero attached hydrogens (tertiary/aromatic N) is 1. The first-order chi connectivity index (χ1) is 9.33. The molecule has 0 bridgehead atoms. The van der Waals surface area contributed by atoms with E-state index >= 15 is 0 Å². The van der Waals surface area contributed by atoms with Gasteiger partial charge in [0.25, 0.3) is 0 Å². The Morgan fingerprint density at radius 2 is 1.90 bits per heavy atom. The van der Waals surface area contributed by atoms with E-state index in [-0.39, 0.29) is 18.5 Å². The summed E-state index contributed by atoms with van der Waals surface area (Å²) >= 11 is 0. The summed E-state index contributed by atoms with van der Waals surface area (Å²) in [4.78, 5) is 11.7. The molecule has 0 unspecified atom stereocenters. The van der Waals surface area contributed by atoms with Gasteiger partial charge in [-0.15, -0.1) is 13.2 Å². The fraction of sp³-hybridized carbons (Fsp3) is 0.417. The van der Waals surface area contributed by atoms with Crippen LogP contribution in [0.5, 0.6) is 5.75 Å². The van der Waals surface area contributed by atoms with Gasteiger partial charge in [0.05, 0.1) is 25.8 Å². The number of amides is 1. The normalized spacial score (nSPS) is 15.8. The first kappa shape index (κ1) is 14.4. The summed E-state index contributed by atoms with van der Waals surface area (Å²) < 4.78 is 45.0. The number of halogens is 3. The topological polar surface area (TPSA) is 59.0 Å². The van der Waals surface area contributed by atoms with Crippen molar-refractivity contribution in [2.24, 2.45) is 0 Å². The minimum absolute atomic E-state index is 0.169. The van der Waals surface area contributed by atoms with E-state index in [9.17, 15) is 18.0 Å². The van der Waals surface area contributed by atoms with Crippen molar-refractivity contribution in [3.05, 3.63) is 29.8 Å². The Labute approximate surface area is 112 Å². The van der Waals surface area contributed by atoms with Crippen LogP contribution in [0.1, 0.15) is 5.56 Å². The van der Waals surface area contributed by atoms with Gasteiger partial charge in [-0.05, 0) is 17.7 Å². The average Bonchev–Trinajstić information content (AvgIpc) is 2.26. The SMILES string of the molecule is O=C(O)N1CC(OCc2ccc(OC(F)(F)F)cc2)C1. The van der Waals surface area contributed by atoms with E-state index in [0.29, 0.717) is 18.7 Å². The van der Waals surface area contributed by atoms with E-state index in [1.165, 1.54) is 29.2 Å². The third kappa shape index (κ3) is 4.02. The van der Waals surface area contributed by atoms with Crippen molar-refractivity contribution in [1.29, 1.82) is 0 Å². The summed E-state index contributed by atoms with van der Waals surface area (Å²) in [5.74, 6) is -0.290. The van der Waals surface area contributed by atoms with Crippen LogP contribution in [0.3, 0.4) is 0 Å². The number of rotatable bonds is 4. The predicted octanol–water partition coefficient (Wildman–Crippen LogP) is 2.46. The number of likely N-dealkylation sites (tertiary alicyclic amines) is 1. The first-order valence-electron chi connectivity index (χ1n) is 5.77. The number of ether oxygens (including phenoxy) is 2. The molecule has 1 aliphatic heterocycles. The molecule has 1 saturated heterocycles. The van der Waals surface area contributed by atoms with E-state index in [4.69, 9.17) is 9.84 Å². The van der Waals surface area contributed by atoms with Gasteiger partial charge in [-0.2, -0.15) is 0 Å². The summed E-state index contributed by atoms with van der Waals surface area (Å²) in [6, 6.07) is 5.34. The molecule has 2 rings (SSSR count). The van der Waals surface area contributed by atoms with Crippen LogP contribution in [-0.2, 0) is 11.3 Å². The maximum Gasteiger partial charge on any atom is 0.573 e. The van der Waals surface area contributed by atoms with E-state index in [2.05, 4.69) is 4.74 Å². The summed E-state index contributed by atoms with van der Waals surface area (Å²) in [5.41, 5.74) is 0.688. The molecule has 20 heavy (non-hydrogen) atoms. The van der Waals surface area contributed by atoms with Gasteiger partial charge >= 0.3 is 12.5 Å². The van der Waals surface area contributed by atoms with Crippen molar-refractivity contribution in [3.63, 3.8) is 0 Å². The van der Waals surface area contributed by atoms with Gasteiger partial charge in [-0.25, -0.2) is 4.79 Å². The van der Waals surface area contributed by atoms with Gasteiger partial charge in [-0.3, -0.25) is 0 Å². The average molecular weight is 291 g/mol. The van der Waals surface area contributed by atoms with Crippen LogP contribution in [0.15, 0.2) is 24.3 Å². The third-order valence-corrected chi connectivity index (χ3v) is 2.76. The molecule has 1 aliphatic rings. The van der Waals surface area contributed by atoms with Gasteiger partial charge in [0.1, 0.15) is 5.75 Å². The summed E-state index contributed by atoms with van der Waals surface area (Å²) in [7, 11) is 0. The lowest BCUT2D eigenvalue weighted by Gasteiger charge is -2.36. The van der Waals surface area contributed by atoms with Gasteiger partial charge in [0.15, 0.2) is 0 Å². The molecule has 0 saturated carbocycles. The Kier molecular flexibility index (Phi) is 4.03. The van der Waals surface area contributed by atoms with Crippen molar-refractivity contribution in [3.8, 4) is 5.75 Å². The molecule has 1 heterocycles. The highest BCUT2D eigenvalue weighted by molar-refractivity contribution is 5.66. The molecule has 0 aliphatic carbocycles. The molecule has 5 nitrogen and oxygen atoms in total. The second kappa shape index (κ2) is 5.58. The van der Waals surface area contributed by atoms with Crippen LogP contribution in [-0.4, -0.2) is 41.7 Å². The molecule has 8 heteroatoms. The fourth-order valence-electron chi connectivity index (χ4n) is 1.70. The second-order valence-electron chi connectivity index (χ2n) is 4.31. The highest BCUT2D eigenvalue weighted by Gasteiger charge is 2.32. The van der Waals surface area contributed by atoms with Crippen LogP contribution in [0.4, 0.5) is 18.0 Å². The molecule has 110 valence electrons. The van der Waals surface area contributed by atoms with Crippen molar-refractivity contribution in [2.75, 3.05) is 13.1 Å². The summed E-state index contributed by atoms with van der Waals surface area (Å²) in [6.07, 6.45) is -5.86. The lowest BCUT2D eigenvalue weighted by atomic mass is 10.2. The molecular weight excluding hydrogens is 279 g/mol. The molecule has 1 amide bonds. The second-order valence-corrected chi connectivity index (χ2v) is 4.31. The largest absolute Gasteiger partial charge is 0.573 e. The van der Waals surface area contributed by atoms with Crippen LogP contribution in [0, 0.1) is 0 Å². The van der Waals surface area contributed by atoms with Crippen LogP contribution in [0.25, 0.3) is 0 Å². The minimum atomic E-state index is -4.70. The predicted molar refractivity (Wildman–Crippen MR) is 61.3 cm³/mol. The van der Waals surface area contributed by atoms with Crippen LogP contribution < -0.4 is 4.74 Å². The Balaban J connectivity index is 1.76. The minimum Gasteiger partial charge on any atom is -0.465 e. The standard InChI is InChI=1S/C12H12F3NO4/c13-12(14,15)20-9-3-1-8(2-4-9)7-19-10-5-16(6-10)11(17)18/h1-4,10H,5-7H2,(H,17,18). The van der Waals surface area contributed by atoms with E-state index in [1.807, 2.05) is 0 Å². The maximum absolute atomic E-state index is 12.0. The number of carboxylic acid groups (broad SMARTS) is 1. The van der Waals surface area contributed by atoms with Crippen LogP contribution in [0.2, 0.25) is 0 Å². The number of benzene rings is 1. The van der Waals surface area contributed by atoms with Crippen LogP contribution >= 0.6 is 0 Å². The molecular formula is C12H12F3NO4. The van der Waals surface area contributed by atoms with Crippen molar-refractivity contribution in [1.82, 2.24) is 4.90 Å². The molecule has 0 aromatic heterocycles. The number of carbonyl (C=O) groups is 1. The monoisotopic (exact) mass is 291 g/mol. The summed E-state index contributed by atoms with van der Waals surface area (Å²) in [6.45, 7) is 0.833.